The van der Waals surface area contributed by atoms with Crippen LogP contribution >= 0.6 is 0 Å². The Hall–Kier alpha value is -2.11. The van der Waals surface area contributed by atoms with Crippen molar-refractivity contribution >= 4 is 0 Å². The van der Waals surface area contributed by atoms with Gasteiger partial charge < -0.3 is 14.8 Å². The van der Waals surface area contributed by atoms with E-state index in [1.165, 1.54) is 6.07 Å². The molecule has 0 aliphatic carbocycles. The van der Waals surface area contributed by atoms with Crippen LogP contribution in [-0.4, -0.2) is 45.3 Å². The first-order valence-electron chi connectivity index (χ1n) is 8.15. The molecule has 0 radical (unpaired) electrons. The number of ether oxygens (including phenoxy) is 2. The number of methoxy groups -OCH3 is 2. The van der Waals surface area contributed by atoms with Gasteiger partial charge in [0.15, 0.2) is 0 Å². The lowest BCUT2D eigenvalue weighted by Crippen LogP contribution is -2.45. The fourth-order valence-electron chi connectivity index (χ4n) is 3.25. The van der Waals surface area contributed by atoms with Gasteiger partial charge in [-0.3, -0.25) is 4.90 Å². The second-order valence-corrected chi connectivity index (χ2v) is 5.85. The summed E-state index contributed by atoms with van der Waals surface area (Å²) in [6.45, 7) is 3.64. The molecule has 1 heterocycles. The van der Waals surface area contributed by atoms with Gasteiger partial charge >= 0.3 is 0 Å². The Morgan fingerprint density at radius 1 is 1.04 bits per heavy atom. The second kappa shape index (κ2) is 7.64. The van der Waals surface area contributed by atoms with Crippen molar-refractivity contribution in [2.24, 2.45) is 0 Å². The predicted molar refractivity (Wildman–Crippen MR) is 92.2 cm³/mol. The standard InChI is InChI=1S/C19H23FN2O2/c1-23-16-6-7-17(18(13-16)24-2)19(22-10-8-21-9-11-22)14-4-3-5-15(20)12-14/h3-7,12-13,19,21H,8-11H2,1-2H3. The minimum atomic E-state index is -0.222. The van der Waals surface area contributed by atoms with Gasteiger partial charge in [0, 0.05) is 37.8 Å². The quantitative estimate of drug-likeness (QED) is 0.914. The maximum Gasteiger partial charge on any atom is 0.127 e. The van der Waals surface area contributed by atoms with Crippen LogP contribution in [0, 0.1) is 5.82 Å². The van der Waals surface area contributed by atoms with Crippen LogP contribution in [0.5, 0.6) is 11.5 Å². The molecule has 5 heteroatoms. The summed E-state index contributed by atoms with van der Waals surface area (Å²) in [5.74, 6) is 1.27. The van der Waals surface area contributed by atoms with Crippen molar-refractivity contribution < 1.29 is 13.9 Å². The van der Waals surface area contributed by atoms with Crippen molar-refractivity contribution in [3.05, 3.63) is 59.4 Å². The zero-order valence-electron chi connectivity index (χ0n) is 14.1. The summed E-state index contributed by atoms with van der Waals surface area (Å²) in [4.78, 5) is 2.36. The molecule has 1 atom stereocenters. The summed E-state index contributed by atoms with van der Waals surface area (Å²) < 4.78 is 24.7. The minimum Gasteiger partial charge on any atom is -0.497 e. The molecule has 0 amide bonds. The lowest BCUT2D eigenvalue weighted by Gasteiger charge is -2.36. The Kier molecular flexibility index (Phi) is 5.33. The number of nitrogens with one attached hydrogen (secondary N) is 1. The Morgan fingerprint density at radius 3 is 2.50 bits per heavy atom. The van der Waals surface area contributed by atoms with E-state index >= 15 is 0 Å². The van der Waals surface area contributed by atoms with Crippen LogP contribution in [0.25, 0.3) is 0 Å². The van der Waals surface area contributed by atoms with Crippen molar-refractivity contribution in [2.75, 3.05) is 40.4 Å². The molecule has 1 fully saturated rings. The van der Waals surface area contributed by atoms with Gasteiger partial charge in [-0.2, -0.15) is 0 Å². The van der Waals surface area contributed by atoms with Crippen LogP contribution in [0.4, 0.5) is 4.39 Å². The monoisotopic (exact) mass is 330 g/mol. The number of hydrogen-bond donors (Lipinski definition) is 1. The molecule has 24 heavy (non-hydrogen) atoms. The summed E-state index contributed by atoms with van der Waals surface area (Å²) in [6, 6.07) is 12.6. The highest BCUT2D eigenvalue weighted by molar-refractivity contribution is 5.46. The molecule has 3 rings (SSSR count). The third-order valence-corrected chi connectivity index (χ3v) is 4.42. The molecule has 0 aromatic heterocycles. The molecule has 128 valence electrons. The number of hydrogen-bond acceptors (Lipinski definition) is 4. The van der Waals surface area contributed by atoms with Gasteiger partial charge in [-0.25, -0.2) is 4.39 Å². The van der Waals surface area contributed by atoms with Crippen molar-refractivity contribution in [3.63, 3.8) is 0 Å². The first kappa shape index (κ1) is 16.7. The largest absolute Gasteiger partial charge is 0.497 e. The van der Waals surface area contributed by atoms with E-state index in [1.807, 2.05) is 24.3 Å². The van der Waals surface area contributed by atoms with Crippen LogP contribution in [0.15, 0.2) is 42.5 Å². The van der Waals surface area contributed by atoms with Crippen molar-refractivity contribution in [1.29, 1.82) is 0 Å². The summed E-state index contributed by atoms with van der Waals surface area (Å²) >= 11 is 0. The third-order valence-electron chi connectivity index (χ3n) is 4.42. The van der Waals surface area contributed by atoms with E-state index in [9.17, 15) is 4.39 Å². The van der Waals surface area contributed by atoms with Crippen molar-refractivity contribution in [2.45, 2.75) is 6.04 Å². The maximum absolute atomic E-state index is 13.8. The number of rotatable bonds is 5. The van der Waals surface area contributed by atoms with Gasteiger partial charge in [0.2, 0.25) is 0 Å². The number of piperazine rings is 1. The first-order valence-corrected chi connectivity index (χ1v) is 8.15. The van der Waals surface area contributed by atoms with Gasteiger partial charge in [0.25, 0.3) is 0 Å². The molecule has 2 aromatic rings. The van der Waals surface area contributed by atoms with Gasteiger partial charge in [0.1, 0.15) is 17.3 Å². The molecule has 2 aromatic carbocycles. The van der Waals surface area contributed by atoms with Gasteiger partial charge in [0.05, 0.1) is 20.3 Å². The molecule has 1 unspecified atom stereocenters. The second-order valence-electron chi connectivity index (χ2n) is 5.85. The molecule has 0 saturated carbocycles. The Balaban J connectivity index is 2.07. The molecule has 1 saturated heterocycles. The summed E-state index contributed by atoms with van der Waals surface area (Å²) in [5.41, 5.74) is 1.95. The SMILES string of the molecule is COc1ccc(C(c2cccc(F)c2)N2CCNCC2)c(OC)c1. The van der Waals surface area contributed by atoms with E-state index in [2.05, 4.69) is 10.2 Å². The smallest absolute Gasteiger partial charge is 0.127 e. The predicted octanol–water partition coefficient (Wildman–Crippen LogP) is 2.84. The minimum absolute atomic E-state index is 0.0522. The van der Waals surface area contributed by atoms with Crippen LogP contribution in [-0.2, 0) is 0 Å². The first-order chi connectivity index (χ1) is 11.7. The van der Waals surface area contributed by atoms with E-state index in [0.717, 1.165) is 48.8 Å². The van der Waals surface area contributed by atoms with E-state index in [1.54, 1.807) is 26.4 Å². The van der Waals surface area contributed by atoms with Gasteiger partial charge in [-0.1, -0.05) is 12.1 Å². The van der Waals surface area contributed by atoms with Crippen molar-refractivity contribution in [1.82, 2.24) is 10.2 Å². The third kappa shape index (κ3) is 3.52. The fraction of sp³-hybridized carbons (Fsp3) is 0.368. The fourth-order valence-corrected chi connectivity index (χ4v) is 3.25. The van der Waals surface area contributed by atoms with E-state index in [4.69, 9.17) is 9.47 Å². The van der Waals surface area contributed by atoms with Gasteiger partial charge in [-0.15, -0.1) is 0 Å². The lowest BCUT2D eigenvalue weighted by atomic mass is 9.95. The van der Waals surface area contributed by atoms with E-state index in [0.29, 0.717) is 0 Å². The van der Waals surface area contributed by atoms with Crippen LogP contribution < -0.4 is 14.8 Å². The number of nitrogens with zero attached hydrogens (tertiary/aromatic N) is 1. The maximum atomic E-state index is 13.8. The highest BCUT2D eigenvalue weighted by atomic mass is 19.1. The van der Waals surface area contributed by atoms with Gasteiger partial charge in [-0.05, 0) is 29.8 Å². The molecule has 0 spiro atoms. The summed E-state index contributed by atoms with van der Waals surface area (Å²) in [6.07, 6.45) is 0. The molecule has 4 nitrogen and oxygen atoms in total. The highest BCUT2D eigenvalue weighted by Gasteiger charge is 2.27. The lowest BCUT2D eigenvalue weighted by molar-refractivity contribution is 0.195. The Bertz CT molecular complexity index is 687. The van der Waals surface area contributed by atoms with Crippen LogP contribution in [0.3, 0.4) is 0 Å². The molecular weight excluding hydrogens is 307 g/mol. The molecule has 1 N–H and O–H groups in total. The molecule has 0 bridgehead atoms. The molecule has 1 aliphatic heterocycles. The molecular formula is C19H23FN2O2. The summed E-state index contributed by atoms with van der Waals surface area (Å²) in [7, 11) is 3.29. The normalized spacial score (nSPS) is 16.6. The zero-order chi connectivity index (χ0) is 16.9. The average molecular weight is 330 g/mol. The Morgan fingerprint density at radius 2 is 1.83 bits per heavy atom. The topological polar surface area (TPSA) is 33.7 Å². The number of halogens is 1. The van der Waals surface area contributed by atoms with E-state index < -0.39 is 0 Å². The highest BCUT2D eigenvalue weighted by Crippen LogP contribution is 2.37. The van der Waals surface area contributed by atoms with Crippen LogP contribution in [0.1, 0.15) is 17.2 Å². The average Bonchev–Trinajstić information content (AvgIpc) is 2.63. The van der Waals surface area contributed by atoms with Crippen LogP contribution in [0.2, 0.25) is 0 Å². The van der Waals surface area contributed by atoms with E-state index in [-0.39, 0.29) is 11.9 Å². The number of benzene rings is 2. The zero-order valence-corrected chi connectivity index (χ0v) is 14.1. The summed E-state index contributed by atoms with van der Waals surface area (Å²) in [5, 5.41) is 3.36. The molecule has 1 aliphatic rings. The van der Waals surface area contributed by atoms with Crippen molar-refractivity contribution in [3.8, 4) is 11.5 Å². The Labute approximate surface area is 142 Å².